The lowest BCUT2D eigenvalue weighted by Crippen LogP contribution is -2.46. The van der Waals surface area contributed by atoms with Crippen molar-refractivity contribution in [2.45, 2.75) is 12.8 Å². The normalized spacial score (nSPS) is 16.9. The number of carbonyl (C=O) groups excluding carboxylic acids is 1. The Morgan fingerprint density at radius 2 is 1.80 bits per heavy atom. The molecule has 1 aromatic carbocycles. The molecule has 0 unspecified atom stereocenters. The highest BCUT2D eigenvalue weighted by molar-refractivity contribution is 5.98. The number of anilines is 2. The fraction of sp³-hybridized carbons (Fsp3) is 0.500. The highest BCUT2D eigenvalue weighted by Gasteiger charge is 2.30. The summed E-state index contributed by atoms with van der Waals surface area (Å²) in [4.78, 5) is 16.1. The maximum Gasteiger partial charge on any atom is 0.240 e. The zero-order valence-corrected chi connectivity index (χ0v) is 13.0. The van der Waals surface area contributed by atoms with Crippen LogP contribution in [0.3, 0.4) is 0 Å². The SMILES string of the molecule is Cl.Cl.NCC(=O)N1CCN(CC2CC2)c2ccccc21. The molecule has 3 rings (SSSR count). The first-order valence-corrected chi connectivity index (χ1v) is 6.64. The van der Waals surface area contributed by atoms with E-state index in [4.69, 9.17) is 5.73 Å². The molecule has 1 aliphatic carbocycles. The Bertz CT molecular complexity index is 465. The van der Waals surface area contributed by atoms with E-state index in [2.05, 4.69) is 11.0 Å². The van der Waals surface area contributed by atoms with Gasteiger partial charge in [-0.15, -0.1) is 24.8 Å². The molecule has 0 radical (unpaired) electrons. The number of nitrogens with two attached hydrogens (primary N) is 1. The van der Waals surface area contributed by atoms with Gasteiger partial charge >= 0.3 is 0 Å². The molecule has 1 aliphatic heterocycles. The monoisotopic (exact) mass is 317 g/mol. The van der Waals surface area contributed by atoms with Crippen molar-refractivity contribution in [1.82, 2.24) is 0 Å². The number of hydrogen-bond acceptors (Lipinski definition) is 3. The van der Waals surface area contributed by atoms with Crippen molar-refractivity contribution < 1.29 is 4.79 Å². The Balaban J connectivity index is 0.000001000. The minimum absolute atomic E-state index is 0. The van der Waals surface area contributed by atoms with Gasteiger partial charge < -0.3 is 15.5 Å². The van der Waals surface area contributed by atoms with E-state index in [1.807, 2.05) is 23.1 Å². The number of para-hydroxylation sites is 2. The van der Waals surface area contributed by atoms with Crippen molar-refractivity contribution in [3.63, 3.8) is 0 Å². The Hall–Kier alpha value is -0.970. The van der Waals surface area contributed by atoms with E-state index in [-0.39, 0.29) is 37.3 Å². The van der Waals surface area contributed by atoms with E-state index in [0.717, 1.165) is 31.2 Å². The van der Waals surface area contributed by atoms with Crippen LogP contribution in [0.25, 0.3) is 0 Å². The molecule has 0 bridgehead atoms. The number of halogens is 2. The molecule has 6 heteroatoms. The maximum absolute atomic E-state index is 11.9. The van der Waals surface area contributed by atoms with Crippen LogP contribution in [-0.4, -0.2) is 32.1 Å². The second-order valence-electron chi connectivity index (χ2n) is 5.13. The summed E-state index contributed by atoms with van der Waals surface area (Å²) < 4.78 is 0. The number of hydrogen-bond donors (Lipinski definition) is 1. The predicted molar refractivity (Wildman–Crippen MR) is 87.3 cm³/mol. The third-order valence-electron chi connectivity index (χ3n) is 3.76. The molecule has 2 N–H and O–H groups in total. The van der Waals surface area contributed by atoms with E-state index >= 15 is 0 Å². The van der Waals surface area contributed by atoms with Gasteiger partial charge in [0.1, 0.15) is 0 Å². The molecule has 20 heavy (non-hydrogen) atoms. The molecule has 1 fully saturated rings. The number of amides is 1. The molecule has 112 valence electrons. The molecule has 0 saturated heterocycles. The Morgan fingerprint density at radius 3 is 2.40 bits per heavy atom. The van der Waals surface area contributed by atoms with Crippen LogP contribution in [-0.2, 0) is 4.79 Å². The molecule has 1 saturated carbocycles. The standard InChI is InChI=1S/C14H19N3O.2ClH/c15-9-14(18)17-8-7-16(10-11-5-6-11)12-3-1-2-4-13(12)17;;/h1-4,11H,5-10,15H2;2*1H. The summed E-state index contributed by atoms with van der Waals surface area (Å²) in [6, 6.07) is 8.14. The second-order valence-corrected chi connectivity index (χ2v) is 5.13. The van der Waals surface area contributed by atoms with Crippen molar-refractivity contribution in [2.75, 3.05) is 36.0 Å². The third-order valence-corrected chi connectivity index (χ3v) is 3.76. The molecular formula is C14H21Cl2N3O. The summed E-state index contributed by atoms with van der Waals surface area (Å²) in [6.07, 6.45) is 2.70. The van der Waals surface area contributed by atoms with Crippen molar-refractivity contribution in [2.24, 2.45) is 11.7 Å². The van der Waals surface area contributed by atoms with Gasteiger partial charge in [-0.1, -0.05) is 12.1 Å². The van der Waals surface area contributed by atoms with E-state index in [1.54, 1.807) is 0 Å². The van der Waals surface area contributed by atoms with Crippen LogP contribution in [0.15, 0.2) is 24.3 Å². The molecule has 0 spiro atoms. The molecule has 4 nitrogen and oxygen atoms in total. The number of nitrogens with zero attached hydrogens (tertiary/aromatic N) is 2. The van der Waals surface area contributed by atoms with E-state index in [1.165, 1.54) is 18.5 Å². The highest BCUT2D eigenvalue weighted by Crippen LogP contribution is 2.37. The average molecular weight is 318 g/mol. The fourth-order valence-electron chi connectivity index (χ4n) is 2.59. The van der Waals surface area contributed by atoms with Crippen LogP contribution in [0.2, 0.25) is 0 Å². The first-order chi connectivity index (χ1) is 8.79. The third kappa shape index (κ3) is 3.37. The summed E-state index contributed by atoms with van der Waals surface area (Å²) in [5, 5.41) is 0. The van der Waals surface area contributed by atoms with Gasteiger partial charge in [-0.3, -0.25) is 4.79 Å². The van der Waals surface area contributed by atoms with Crippen LogP contribution in [0.5, 0.6) is 0 Å². The first-order valence-electron chi connectivity index (χ1n) is 6.64. The van der Waals surface area contributed by atoms with Crippen molar-refractivity contribution in [1.29, 1.82) is 0 Å². The topological polar surface area (TPSA) is 49.6 Å². The summed E-state index contributed by atoms with van der Waals surface area (Å²) >= 11 is 0. The quantitative estimate of drug-likeness (QED) is 0.928. The smallest absolute Gasteiger partial charge is 0.240 e. The van der Waals surface area contributed by atoms with E-state index < -0.39 is 0 Å². The van der Waals surface area contributed by atoms with Gasteiger partial charge in [-0.2, -0.15) is 0 Å². The molecular weight excluding hydrogens is 297 g/mol. The Labute approximate surface area is 132 Å². The van der Waals surface area contributed by atoms with Gasteiger partial charge in [-0.05, 0) is 30.9 Å². The fourth-order valence-corrected chi connectivity index (χ4v) is 2.59. The van der Waals surface area contributed by atoms with Gasteiger partial charge in [0.15, 0.2) is 0 Å². The van der Waals surface area contributed by atoms with Crippen LogP contribution < -0.4 is 15.5 Å². The summed E-state index contributed by atoms with van der Waals surface area (Å²) in [5.74, 6) is 0.864. The molecule has 1 aromatic rings. The lowest BCUT2D eigenvalue weighted by molar-refractivity contribution is -0.117. The first kappa shape index (κ1) is 17.1. The Morgan fingerprint density at radius 1 is 1.15 bits per heavy atom. The predicted octanol–water partition coefficient (Wildman–Crippen LogP) is 2.05. The van der Waals surface area contributed by atoms with Gasteiger partial charge in [0.2, 0.25) is 5.91 Å². The van der Waals surface area contributed by atoms with Gasteiger partial charge in [0, 0.05) is 19.6 Å². The van der Waals surface area contributed by atoms with E-state index in [9.17, 15) is 4.79 Å². The average Bonchev–Trinajstić information content (AvgIpc) is 3.22. The van der Waals surface area contributed by atoms with Crippen LogP contribution >= 0.6 is 24.8 Å². The lowest BCUT2D eigenvalue weighted by atomic mass is 10.1. The second kappa shape index (κ2) is 7.16. The minimum atomic E-state index is 0. The van der Waals surface area contributed by atoms with Crippen molar-refractivity contribution in [3.8, 4) is 0 Å². The van der Waals surface area contributed by atoms with E-state index in [0.29, 0.717) is 0 Å². The molecule has 2 aliphatic rings. The summed E-state index contributed by atoms with van der Waals surface area (Å²) in [7, 11) is 0. The lowest BCUT2D eigenvalue weighted by Gasteiger charge is -2.37. The van der Waals surface area contributed by atoms with Gasteiger partial charge in [0.25, 0.3) is 0 Å². The van der Waals surface area contributed by atoms with Crippen LogP contribution in [0.4, 0.5) is 11.4 Å². The van der Waals surface area contributed by atoms with Crippen molar-refractivity contribution in [3.05, 3.63) is 24.3 Å². The summed E-state index contributed by atoms with van der Waals surface area (Å²) in [6.45, 7) is 2.87. The zero-order chi connectivity index (χ0) is 12.5. The zero-order valence-electron chi connectivity index (χ0n) is 11.3. The number of fused-ring (bicyclic) bond motifs is 1. The highest BCUT2D eigenvalue weighted by atomic mass is 35.5. The molecule has 1 amide bonds. The largest absolute Gasteiger partial charge is 0.368 e. The van der Waals surface area contributed by atoms with Crippen LogP contribution in [0.1, 0.15) is 12.8 Å². The van der Waals surface area contributed by atoms with Crippen LogP contribution in [0, 0.1) is 5.92 Å². The molecule has 1 heterocycles. The number of rotatable bonds is 3. The number of benzene rings is 1. The minimum Gasteiger partial charge on any atom is -0.368 e. The van der Waals surface area contributed by atoms with Gasteiger partial charge in [-0.25, -0.2) is 0 Å². The molecule has 0 atom stereocenters. The maximum atomic E-state index is 11.9. The molecule has 0 aromatic heterocycles. The summed E-state index contributed by atoms with van der Waals surface area (Å²) in [5.41, 5.74) is 7.67. The Kier molecular flexibility index (Phi) is 6.11. The van der Waals surface area contributed by atoms with Crippen molar-refractivity contribution >= 4 is 42.1 Å². The number of carbonyl (C=O) groups is 1. The van der Waals surface area contributed by atoms with Gasteiger partial charge in [0.05, 0.1) is 17.9 Å².